The zero-order valence-corrected chi connectivity index (χ0v) is 14.1. The molecule has 0 radical (unpaired) electrons. The minimum absolute atomic E-state index is 0.0968. The zero-order valence-electron chi connectivity index (χ0n) is 14.1. The molecule has 1 aromatic carbocycles. The summed E-state index contributed by atoms with van der Waals surface area (Å²) in [5, 5.41) is 2.79. The number of benzene rings is 1. The highest BCUT2D eigenvalue weighted by Crippen LogP contribution is 2.29. The van der Waals surface area contributed by atoms with Crippen LogP contribution in [0.3, 0.4) is 0 Å². The number of hydrogen-bond donors (Lipinski definition) is 1. The third kappa shape index (κ3) is 3.71. The first-order valence-corrected chi connectivity index (χ1v) is 7.93. The summed E-state index contributed by atoms with van der Waals surface area (Å²) >= 11 is 0. The van der Waals surface area contributed by atoms with Gasteiger partial charge in [-0.2, -0.15) is 0 Å². The van der Waals surface area contributed by atoms with Gasteiger partial charge in [0, 0.05) is 30.9 Å². The lowest BCUT2D eigenvalue weighted by Gasteiger charge is -2.21. The smallest absolute Gasteiger partial charge is 0.267 e. The maximum Gasteiger partial charge on any atom is 0.267 e. The van der Waals surface area contributed by atoms with E-state index < -0.39 is 0 Å². The molecule has 0 saturated heterocycles. The summed E-state index contributed by atoms with van der Waals surface area (Å²) < 4.78 is 25.9. The van der Waals surface area contributed by atoms with Crippen LogP contribution in [0.25, 0.3) is 0 Å². The quantitative estimate of drug-likeness (QED) is 0.843. The molecular formula is C18H19FN2O4. The molecule has 0 aliphatic carbocycles. The van der Waals surface area contributed by atoms with E-state index in [1.807, 2.05) is 0 Å². The second kappa shape index (κ2) is 7.06. The second-order valence-electron chi connectivity index (χ2n) is 5.95. The Hall–Kier alpha value is -2.67. The average Bonchev–Trinajstić information content (AvgIpc) is 2.97. The molecule has 2 aromatic rings. The normalized spacial score (nSPS) is 13.1. The predicted octanol–water partition coefficient (Wildman–Crippen LogP) is 2.21. The van der Waals surface area contributed by atoms with E-state index in [9.17, 15) is 14.0 Å². The monoisotopic (exact) mass is 346 g/mol. The molecule has 25 heavy (non-hydrogen) atoms. The Bertz CT molecular complexity index is 829. The minimum atomic E-state index is -0.359. The Balaban J connectivity index is 1.66. The first kappa shape index (κ1) is 17.2. The SMILES string of the molecule is CC(=O)c1cc(C(=O)NCCc2cc(F)cc3c2OCOC3)n(C)c1. The van der Waals surface area contributed by atoms with Gasteiger partial charge in [-0.15, -0.1) is 0 Å². The third-order valence-electron chi connectivity index (χ3n) is 4.08. The van der Waals surface area contributed by atoms with Crippen molar-refractivity contribution in [3.05, 3.63) is 52.6 Å². The van der Waals surface area contributed by atoms with Crippen molar-refractivity contribution < 1.29 is 23.5 Å². The third-order valence-corrected chi connectivity index (χ3v) is 4.08. The zero-order chi connectivity index (χ0) is 18.0. The first-order chi connectivity index (χ1) is 12.0. The van der Waals surface area contributed by atoms with Gasteiger partial charge in [-0.1, -0.05) is 0 Å². The fraction of sp³-hybridized carbons (Fsp3) is 0.333. The van der Waals surface area contributed by atoms with Gasteiger partial charge in [0.1, 0.15) is 17.3 Å². The molecule has 1 amide bonds. The van der Waals surface area contributed by atoms with Crippen LogP contribution in [0.2, 0.25) is 0 Å². The molecule has 0 spiro atoms. The van der Waals surface area contributed by atoms with Crippen LogP contribution in [0.5, 0.6) is 5.75 Å². The van der Waals surface area contributed by atoms with Crippen LogP contribution in [0, 0.1) is 5.82 Å². The molecule has 132 valence electrons. The molecule has 0 saturated carbocycles. The number of carbonyl (C=O) groups is 2. The summed E-state index contributed by atoms with van der Waals surface area (Å²) in [5.74, 6) is -0.118. The number of rotatable bonds is 5. The highest BCUT2D eigenvalue weighted by atomic mass is 19.1. The predicted molar refractivity (Wildman–Crippen MR) is 88.1 cm³/mol. The molecule has 0 unspecified atom stereocenters. The van der Waals surface area contributed by atoms with Crippen LogP contribution in [0.4, 0.5) is 4.39 Å². The highest BCUT2D eigenvalue weighted by molar-refractivity contribution is 5.99. The summed E-state index contributed by atoms with van der Waals surface area (Å²) in [5.41, 5.74) is 2.24. The number of ketones is 1. The summed E-state index contributed by atoms with van der Waals surface area (Å²) in [6.45, 7) is 2.21. The molecule has 0 atom stereocenters. The van der Waals surface area contributed by atoms with Crippen LogP contribution in [0.1, 0.15) is 38.9 Å². The van der Waals surface area contributed by atoms with Crippen molar-refractivity contribution in [3.8, 4) is 5.75 Å². The standard InChI is InChI=1S/C18H19FN2O4/c1-11(22)13-7-16(21(2)8-13)18(23)20-4-3-12-5-15(19)6-14-9-24-10-25-17(12)14/h5-8H,3-4,9-10H2,1-2H3,(H,20,23). The molecule has 1 aliphatic rings. The molecule has 1 N–H and O–H groups in total. The van der Waals surface area contributed by atoms with E-state index in [1.54, 1.807) is 23.9 Å². The fourth-order valence-corrected chi connectivity index (χ4v) is 2.83. The van der Waals surface area contributed by atoms with Crippen molar-refractivity contribution in [2.75, 3.05) is 13.3 Å². The Morgan fingerprint density at radius 3 is 2.84 bits per heavy atom. The average molecular weight is 346 g/mol. The van der Waals surface area contributed by atoms with Crippen LogP contribution < -0.4 is 10.1 Å². The number of nitrogens with zero attached hydrogens (tertiary/aromatic N) is 1. The number of aromatic nitrogens is 1. The summed E-state index contributed by atoms with van der Waals surface area (Å²) in [4.78, 5) is 23.7. The summed E-state index contributed by atoms with van der Waals surface area (Å²) in [7, 11) is 1.71. The van der Waals surface area contributed by atoms with E-state index in [1.165, 1.54) is 19.1 Å². The molecule has 0 fully saturated rings. The van der Waals surface area contributed by atoms with Crippen LogP contribution >= 0.6 is 0 Å². The van der Waals surface area contributed by atoms with Crippen molar-refractivity contribution in [1.82, 2.24) is 9.88 Å². The Morgan fingerprint density at radius 2 is 2.12 bits per heavy atom. The molecule has 1 aliphatic heterocycles. The van der Waals surface area contributed by atoms with Gasteiger partial charge in [0.05, 0.1) is 6.61 Å². The van der Waals surface area contributed by atoms with Crippen molar-refractivity contribution in [2.24, 2.45) is 7.05 Å². The lowest BCUT2D eigenvalue weighted by molar-refractivity contribution is -0.0172. The lowest BCUT2D eigenvalue weighted by Crippen LogP contribution is -2.27. The van der Waals surface area contributed by atoms with Gasteiger partial charge in [-0.3, -0.25) is 9.59 Å². The van der Waals surface area contributed by atoms with Crippen LogP contribution in [0.15, 0.2) is 24.4 Å². The molecule has 7 heteroatoms. The Kier molecular flexibility index (Phi) is 4.85. The van der Waals surface area contributed by atoms with Gasteiger partial charge in [-0.25, -0.2) is 4.39 Å². The number of amides is 1. The topological polar surface area (TPSA) is 69.6 Å². The molecule has 6 nitrogen and oxygen atoms in total. The van der Waals surface area contributed by atoms with E-state index in [0.717, 1.165) is 0 Å². The number of carbonyl (C=O) groups excluding carboxylic acids is 2. The van der Waals surface area contributed by atoms with Gasteiger partial charge >= 0.3 is 0 Å². The molecule has 2 heterocycles. The van der Waals surface area contributed by atoms with E-state index >= 15 is 0 Å². The molecule has 1 aromatic heterocycles. The number of fused-ring (bicyclic) bond motifs is 1. The Morgan fingerprint density at radius 1 is 1.32 bits per heavy atom. The highest BCUT2D eigenvalue weighted by Gasteiger charge is 2.18. The van der Waals surface area contributed by atoms with Gasteiger partial charge < -0.3 is 19.4 Å². The van der Waals surface area contributed by atoms with Gasteiger partial charge in [-0.05, 0) is 37.1 Å². The number of ether oxygens (including phenoxy) is 2. The summed E-state index contributed by atoms with van der Waals surface area (Å²) in [6, 6.07) is 4.36. The molecule has 3 rings (SSSR count). The van der Waals surface area contributed by atoms with Crippen molar-refractivity contribution in [2.45, 2.75) is 20.0 Å². The lowest BCUT2D eigenvalue weighted by atomic mass is 10.1. The Labute approximate surface area is 144 Å². The van der Waals surface area contributed by atoms with Crippen LogP contribution in [-0.4, -0.2) is 29.6 Å². The minimum Gasteiger partial charge on any atom is -0.467 e. The van der Waals surface area contributed by atoms with Crippen LogP contribution in [-0.2, 0) is 24.8 Å². The van der Waals surface area contributed by atoms with E-state index in [0.29, 0.717) is 47.7 Å². The van der Waals surface area contributed by atoms with E-state index in [-0.39, 0.29) is 24.3 Å². The number of nitrogens with one attached hydrogen (secondary N) is 1. The molecular weight excluding hydrogens is 327 g/mol. The summed E-state index contributed by atoms with van der Waals surface area (Å²) in [6.07, 6.45) is 2.05. The number of Topliss-reactive ketones (excluding diaryl/α,β-unsaturated/α-hetero) is 1. The van der Waals surface area contributed by atoms with Crippen molar-refractivity contribution in [1.29, 1.82) is 0 Å². The maximum absolute atomic E-state index is 13.7. The van der Waals surface area contributed by atoms with Crippen molar-refractivity contribution >= 4 is 11.7 Å². The van der Waals surface area contributed by atoms with Crippen molar-refractivity contribution in [3.63, 3.8) is 0 Å². The van der Waals surface area contributed by atoms with E-state index in [4.69, 9.17) is 9.47 Å². The van der Waals surface area contributed by atoms with E-state index in [2.05, 4.69) is 5.32 Å². The number of hydrogen-bond acceptors (Lipinski definition) is 4. The molecule has 0 bridgehead atoms. The number of aryl methyl sites for hydroxylation is 1. The van der Waals surface area contributed by atoms with Gasteiger partial charge in [0.15, 0.2) is 12.6 Å². The van der Waals surface area contributed by atoms with Gasteiger partial charge in [0.2, 0.25) is 0 Å². The maximum atomic E-state index is 13.7. The largest absolute Gasteiger partial charge is 0.467 e. The number of halogens is 1. The fourth-order valence-electron chi connectivity index (χ4n) is 2.83. The van der Waals surface area contributed by atoms with Gasteiger partial charge in [0.25, 0.3) is 5.91 Å². The first-order valence-electron chi connectivity index (χ1n) is 7.93. The second-order valence-corrected chi connectivity index (χ2v) is 5.95.